The molecule has 0 aliphatic carbocycles. The van der Waals surface area contributed by atoms with E-state index in [1.807, 2.05) is 0 Å². The average molecular weight is 370 g/mol. The molecule has 0 radical (unpaired) electrons. The van der Waals surface area contributed by atoms with E-state index in [1.54, 1.807) is 18.2 Å². The molecule has 1 heterocycles. The molecule has 2 aromatic rings. The van der Waals surface area contributed by atoms with E-state index in [-0.39, 0.29) is 22.2 Å². The maximum Gasteiger partial charge on any atom is 0.265 e. The standard InChI is InChI=1S/C13H12BrN3O3S/c1-8(18)9-3-2-4-11(5-9)17-21(19,20)12-6-10(14)7-16-13(12)15/h2-7,17H,1H3,(H2,15,16). The Morgan fingerprint density at radius 2 is 2.05 bits per heavy atom. The SMILES string of the molecule is CC(=O)c1cccc(NS(=O)(=O)c2cc(Br)cnc2N)c1. The lowest BCUT2D eigenvalue weighted by molar-refractivity contribution is 0.101. The third-order valence-electron chi connectivity index (χ3n) is 2.66. The number of anilines is 2. The number of benzene rings is 1. The molecule has 0 unspecified atom stereocenters. The smallest absolute Gasteiger partial charge is 0.265 e. The Hall–Kier alpha value is -1.93. The third kappa shape index (κ3) is 3.59. The van der Waals surface area contributed by atoms with Crippen LogP contribution in [0.3, 0.4) is 0 Å². The van der Waals surface area contributed by atoms with Crippen LogP contribution in [0.15, 0.2) is 45.9 Å². The second-order valence-corrected chi connectivity index (χ2v) is 6.85. The van der Waals surface area contributed by atoms with E-state index in [9.17, 15) is 13.2 Å². The van der Waals surface area contributed by atoms with Crippen molar-refractivity contribution in [1.82, 2.24) is 4.98 Å². The highest BCUT2D eigenvalue weighted by Crippen LogP contribution is 2.23. The minimum atomic E-state index is -3.89. The third-order valence-corrected chi connectivity index (χ3v) is 4.50. The summed E-state index contributed by atoms with van der Waals surface area (Å²) in [6.45, 7) is 1.41. The minimum absolute atomic E-state index is 0.103. The topological polar surface area (TPSA) is 102 Å². The molecule has 0 saturated heterocycles. The van der Waals surface area contributed by atoms with Crippen LogP contribution < -0.4 is 10.5 Å². The summed E-state index contributed by atoms with van der Waals surface area (Å²) in [6, 6.07) is 7.57. The summed E-state index contributed by atoms with van der Waals surface area (Å²) < 4.78 is 27.5. The minimum Gasteiger partial charge on any atom is -0.383 e. The largest absolute Gasteiger partial charge is 0.383 e. The summed E-state index contributed by atoms with van der Waals surface area (Å²) in [7, 11) is -3.89. The van der Waals surface area contributed by atoms with Gasteiger partial charge in [-0.2, -0.15) is 0 Å². The predicted molar refractivity (Wildman–Crippen MR) is 83.6 cm³/mol. The first-order valence-corrected chi connectivity index (χ1v) is 8.12. The van der Waals surface area contributed by atoms with Gasteiger partial charge in [-0.25, -0.2) is 13.4 Å². The van der Waals surface area contributed by atoms with Crippen molar-refractivity contribution in [2.75, 3.05) is 10.5 Å². The molecule has 0 aliphatic rings. The predicted octanol–water partition coefficient (Wildman–Crippen LogP) is 2.43. The van der Waals surface area contributed by atoms with Crippen molar-refractivity contribution >= 4 is 43.2 Å². The van der Waals surface area contributed by atoms with Gasteiger partial charge in [-0.1, -0.05) is 12.1 Å². The molecule has 21 heavy (non-hydrogen) atoms. The van der Waals surface area contributed by atoms with Crippen molar-refractivity contribution in [1.29, 1.82) is 0 Å². The number of nitrogens with one attached hydrogen (secondary N) is 1. The second-order valence-electron chi connectivity index (χ2n) is 4.28. The zero-order valence-corrected chi connectivity index (χ0v) is 13.4. The van der Waals surface area contributed by atoms with Crippen molar-refractivity contribution in [2.24, 2.45) is 0 Å². The molecule has 0 amide bonds. The van der Waals surface area contributed by atoms with Crippen molar-refractivity contribution in [2.45, 2.75) is 11.8 Å². The number of nitrogen functional groups attached to an aromatic ring is 1. The number of carbonyl (C=O) groups is 1. The van der Waals surface area contributed by atoms with Gasteiger partial charge in [-0.3, -0.25) is 9.52 Å². The number of ketones is 1. The van der Waals surface area contributed by atoms with E-state index in [1.165, 1.54) is 25.3 Å². The zero-order chi connectivity index (χ0) is 15.6. The monoisotopic (exact) mass is 369 g/mol. The highest BCUT2D eigenvalue weighted by Gasteiger charge is 2.19. The van der Waals surface area contributed by atoms with E-state index in [0.717, 1.165) is 0 Å². The lowest BCUT2D eigenvalue weighted by Crippen LogP contribution is -2.15. The summed E-state index contributed by atoms with van der Waals surface area (Å²) in [5.74, 6) is -0.256. The van der Waals surface area contributed by atoms with Crippen LogP contribution in [0.4, 0.5) is 11.5 Å². The van der Waals surface area contributed by atoms with Gasteiger partial charge in [0.2, 0.25) is 0 Å². The summed E-state index contributed by atoms with van der Waals surface area (Å²) in [5.41, 5.74) is 6.29. The van der Waals surface area contributed by atoms with Gasteiger partial charge in [-0.15, -0.1) is 0 Å². The van der Waals surface area contributed by atoms with E-state index in [2.05, 4.69) is 25.6 Å². The Labute approximate surface area is 130 Å². The van der Waals surface area contributed by atoms with Crippen LogP contribution in [-0.4, -0.2) is 19.2 Å². The Morgan fingerprint density at radius 1 is 1.33 bits per heavy atom. The molecular weight excluding hydrogens is 358 g/mol. The number of hydrogen-bond acceptors (Lipinski definition) is 5. The number of rotatable bonds is 4. The molecule has 3 N–H and O–H groups in total. The second kappa shape index (κ2) is 5.82. The number of pyridine rings is 1. The highest BCUT2D eigenvalue weighted by molar-refractivity contribution is 9.10. The Bertz CT molecular complexity index is 806. The molecule has 1 aromatic heterocycles. The van der Waals surface area contributed by atoms with Crippen LogP contribution in [0, 0.1) is 0 Å². The van der Waals surface area contributed by atoms with Gasteiger partial charge >= 0.3 is 0 Å². The number of sulfonamides is 1. The molecule has 8 heteroatoms. The van der Waals surface area contributed by atoms with Crippen LogP contribution in [0.5, 0.6) is 0 Å². The van der Waals surface area contributed by atoms with E-state index in [0.29, 0.717) is 10.0 Å². The van der Waals surface area contributed by atoms with Gasteiger partial charge in [0.1, 0.15) is 10.7 Å². The molecule has 2 rings (SSSR count). The number of Topliss-reactive ketones (excluding diaryl/α,β-unsaturated/α-hetero) is 1. The molecule has 0 bridgehead atoms. The molecule has 0 atom stereocenters. The van der Waals surface area contributed by atoms with Crippen LogP contribution in [-0.2, 0) is 10.0 Å². The lowest BCUT2D eigenvalue weighted by Gasteiger charge is -2.10. The van der Waals surface area contributed by atoms with Crippen molar-refractivity contribution in [3.8, 4) is 0 Å². The van der Waals surface area contributed by atoms with Crippen molar-refractivity contribution < 1.29 is 13.2 Å². The van der Waals surface area contributed by atoms with Crippen molar-refractivity contribution in [3.05, 3.63) is 46.6 Å². The number of carbonyl (C=O) groups excluding carboxylic acids is 1. The molecule has 1 aromatic carbocycles. The van der Waals surface area contributed by atoms with Gasteiger partial charge in [-0.05, 0) is 41.1 Å². The number of aromatic nitrogens is 1. The first-order valence-electron chi connectivity index (χ1n) is 5.84. The number of nitrogens with two attached hydrogens (primary N) is 1. The van der Waals surface area contributed by atoms with Crippen molar-refractivity contribution in [3.63, 3.8) is 0 Å². The molecular formula is C13H12BrN3O3S. The zero-order valence-electron chi connectivity index (χ0n) is 11.0. The number of halogens is 1. The van der Waals surface area contributed by atoms with Crippen LogP contribution in [0.2, 0.25) is 0 Å². The average Bonchev–Trinajstić information content (AvgIpc) is 2.41. The molecule has 0 aliphatic heterocycles. The molecule has 0 fully saturated rings. The van der Waals surface area contributed by atoms with Crippen LogP contribution >= 0.6 is 15.9 Å². The first kappa shape index (κ1) is 15.5. The van der Waals surface area contributed by atoms with E-state index >= 15 is 0 Å². The van der Waals surface area contributed by atoms with Gasteiger partial charge in [0.05, 0.1) is 0 Å². The fourth-order valence-electron chi connectivity index (χ4n) is 1.66. The maximum absolute atomic E-state index is 12.3. The molecule has 6 nitrogen and oxygen atoms in total. The van der Waals surface area contributed by atoms with Gasteiger partial charge in [0.25, 0.3) is 10.0 Å². The molecule has 0 saturated carbocycles. The van der Waals surface area contributed by atoms with E-state index in [4.69, 9.17) is 5.73 Å². The summed E-state index contributed by atoms with van der Waals surface area (Å²) in [4.78, 5) is 15.0. The summed E-state index contributed by atoms with van der Waals surface area (Å²) in [5, 5.41) is 0. The summed E-state index contributed by atoms with van der Waals surface area (Å²) >= 11 is 3.15. The number of hydrogen-bond donors (Lipinski definition) is 2. The Balaban J connectivity index is 2.40. The van der Waals surface area contributed by atoms with Gasteiger partial charge in [0.15, 0.2) is 5.78 Å². The Kier molecular flexibility index (Phi) is 4.29. The van der Waals surface area contributed by atoms with Gasteiger partial charge in [0, 0.05) is 21.9 Å². The fourth-order valence-corrected chi connectivity index (χ4v) is 3.30. The highest BCUT2D eigenvalue weighted by atomic mass is 79.9. The Morgan fingerprint density at radius 3 is 2.71 bits per heavy atom. The van der Waals surface area contributed by atoms with E-state index < -0.39 is 10.0 Å². The lowest BCUT2D eigenvalue weighted by atomic mass is 10.1. The van der Waals surface area contributed by atoms with Crippen LogP contribution in [0.25, 0.3) is 0 Å². The fraction of sp³-hybridized carbons (Fsp3) is 0.0769. The maximum atomic E-state index is 12.3. The molecule has 110 valence electrons. The number of nitrogens with zero attached hydrogens (tertiary/aromatic N) is 1. The first-order chi connectivity index (χ1) is 9.79. The van der Waals surface area contributed by atoms with Gasteiger partial charge < -0.3 is 5.73 Å². The van der Waals surface area contributed by atoms with Crippen LogP contribution in [0.1, 0.15) is 17.3 Å². The summed E-state index contributed by atoms with van der Waals surface area (Å²) in [6.07, 6.45) is 1.41. The quantitative estimate of drug-likeness (QED) is 0.805. The molecule has 0 spiro atoms. The normalized spacial score (nSPS) is 11.1.